The molecule has 2 N–H and O–H groups in total. The van der Waals surface area contributed by atoms with Crippen LogP contribution in [-0.2, 0) is 23.8 Å². The molecule has 0 bridgehead atoms. The molecule has 0 aliphatic carbocycles. The fourth-order valence-electron chi connectivity index (χ4n) is 3.65. The van der Waals surface area contributed by atoms with Crippen molar-refractivity contribution < 1.29 is 28.3 Å². The largest absolute Gasteiger partial charge is 0.756 e. The second-order valence-electron chi connectivity index (χ2n) is 8.32. The van der Waals surface area contributed by atoms with E-state index in [4.69, 9.17) is 9.26 Å². The van der Waals surface area contributed by atoms with Crippen molar-refractivity contribution in [2.75, 3.05) is 6.61 Å². The first kappa shape index (κ1) is 20.3. The fraction of sp³-hybridized carbons (Fsp3) is 0.562. The highest BCUT2D eigenvalue weighted by atomic mass is 79.9. The van der Waals surface area contributed by atoms with Gasteiger partial charge >= 0.3 is 0 Å². The summed E-state index contributed by atoms with van der Waals surface area (Å²) in [6.45, 7) is 5.71. The number of aromatic amines is 1. The number of ether oxygens (including phenoxy) is 1. The lowest BCUT2D eigenvalue weighted by atomic mass is 9.93. The average molecular weight is 503 g/mol. The number of H-pyrrole nitrogens is 1. The highest BCUT2D eigenvalue weighted by Crippen LogP contribution is 2.50. The number of nitrogens with zero attached hydrogens (tertiary/aromatic N) is 4. The van der Waals surface area contributed by atoms with E-state index in [1.54, 1.807) is 6.20 Å². The van der Waals surface area contributed by atoms with E-state index in [0.717, 1.165) is 5.69 Å². The van der Waals surface area contributed by atoms with Gasteiger partial charge < -0.3 is 28.8 Å². The van der Waals surface area contributed by atoms with Gasteiger partial charge in [0.1, 0.15) is 18.3 Å². The maximum Gasteiger partial charge on any atom is 0.287 e. The molecule has 30 heavy (non-hydrogen) atoms. The quantitative estimate of drug-likeness (QED) is 0.358. The van der Waals surface area contributed by atoms with Crippen LogP contribution in [0.15, 0.2) is 15.7 Å². The zero-order valence-electron chi connectivity index (χ0n) is 16.1. The normalized spacial score (nSPS) is 32.2. The molecule has 162 valence electrons. The van der Waals surface area contributed by atoms with Crippen LogP contribution in [0.4, 0.5) is 0 Å². The van der Waals surface area contributed by atoms with Gasteiger partial charge in [-0.25, -0.2) is 9.38 Å². The molecule has 0 aromatic carbocycles. The maximum atomic E-state index is 13.0. The third-order valence-corrected chi connectivity index (χ3v) is 6.75. The Bertz CT molecular complexity index is 1280. The molecule has 14 heteroatoms. The van der Waals surface area contributed by atoms with Gasteiger partial charge in [0.25, 0.3) is 13.4 Å². The van der Waals surface area contributed by atoms with Gasteiger partial charge in [0.15, 0.2) is 22.1 Å². The standard InChI is InChI=1S/C16H19BrN5O7P/c1-16(2,3)7-4-21-12(24)8-11(20-15(21)18-7)22(14(17)19-8)13-9(23)10-6(28-13)5-27-30(25,26)29-10/h4,6,9-10,13,23H,5H2,1-3H3,(H,18,20)(H,25,26)/p-1/t6?,9?,10-,13-/m1/s1. The molecule has 5 atom stereocenters. The molecule has 3 aromatic rings. The first-order chi connectivity index (χ1) is 14.0. The first-order valence-corrected chi connectivity index (χ1v) is 11.4. The monoisotopic (exact) mass is 502 g/mol. The molecular formula is C16H18BrN5O7P-. The van der Waals surface area contributed by atoms with Gasteiger partial charge in [0.2, 0.25) is 5.78 Å². The summed E-state index contributed by atoms with van der Waals surface area (Å²) >= 11 is 3.28. The third-order valence-electron chi connectivity index (χ3n) is 5.23. The van der Waals surface area contributed by atoms with Crippen LogP contribution in [-0.4, -0.2) is 53.9 Å². The van der Waals surface area contributed by atoms with E-state index in [-0.39, 0.29) is 27.9 Å². The fourth-order valence-corrected chi connectivity index (χ4v) is 5.15. The van der Waals surface area contributed by atoms with Crippen LogP contribution in [0.25, 0.3) is 16.9 Å². The summed E-state index contributed by atoms with van der Waals surface area (Å²) in [5.74, 6) is 0.305. The summed E-state index contributed by atoms with van der Waals surface area (Å²) in [4.78, 5) is 36.5. The van der Waals surface area contributed by atoms with Crippen LogP contribution in [0, 0.1) is 0 Å². The van der Waals surface area contributed by atoms with Gasteiger partial charge in [-0.2, -0.15) is 4.98 Å². The third kappa shape index (κ3) is 3.00. The lowest BCUT2D eigenvalue weighted by Gasteiger charge is -2.34. The predicted octanol–water partition coefficient (Wildman–Crippen LogP) is 0.574. The minimum atomic E-state index is -4.51. The van der Waals surface area contributed by atoms with E-state index in [1.165, 1.54) is 8.97 Å². The van der Waals surface area contributed by atoms with Crippen molar-refractivity contribution in [1.82, 2.24) is 23.9 Å². The first-order valence-electron chi connectivity index (χ1n) is 9.13. The van der Waals surface area contributed by atoms with Crippen LogP contribution < -0.4 is 10.5 Å². The molecule has 12 nitrogen and oxygen atoms in total. The molecule has 5 rings (SSSR count). The van der Waals surface area contributed by atoms with E-state index in [0.29, 0.717) is 5.78 Å². The Hall–Kier alpha value is -1.60. The van der Waals surface area contributed by atoms with Crippen LogP contribution in [0.5, 0.6) is 0 Å². The summed E-state index contributed by atoms with van der Waals surface area (Å²) in [5, 5.41) is 10.7. The van der Waals surface area contributed by atoms with E-state index in [1.807, 2.05) is 20.8 Å². The Morgan fingerprint density at radius 2 is 2.13 bits per heavy atom. The highest BCUT2D eigenvalue weighted by Gasteiger charge is 2.51. The van der Waals surface area contributed by atoms with Gasteiger partial charge in [-0.3, -0.25) is 13.9 Å². The van der Waals surface area contributed by atoms with Crippen LogP contribution in [0.2, 0.25) is 0 Å². The lowest BCUT2D eigenvalue weighted by Crippen LogP contribution is -2.41. The van der Waals surface area contributed by atoms with Crippen molar-refractivity contribution in [1.29, 1.82) is 0 Å². The summed E-state index contributed by atoms with van der Waals surface area (Å²) in [5.41, 5.74) is 0.414. The van der Waals surface area contributed by atoms with E-state index < -0.39 is 37.9 Å². The van der Waals surface area contributed by atoms with Crippen molar-refractivity contribution in [3.63, 3.8) is 0 Å². The Kier molecular flexibility index (Phi) is 4.37. The van der Waals surface area contributed by atoms with Crippen molar-refractivity contribution in [2.24, 2.45) is 0 Å². The molecular weight excluding hydrogens is 485 g/mol. The number of aliphatic hydroxyl groups is 1. The summed E-state index contributed by atoms with van der Waals surface area (Å²) in [7, 11) is -4.51. The maximum absolute atomic E-state index is 13.0. The molecule has 0 saturated carbocycles. The smallest absolute Gasteiger partial charge is 0.287 e. The number of aliphatic hydroxyl groups excluding tert-OH is 1. The highest BCUT2D eigenvalue weighted by molar-refractivity contribution is 9.10. The Balaban J connectivity index is 1.65. The Labute approximate surface area is 177 Å². The van der Waals surface area contributed by atoms with E-state index in [9.17, 15) is 19.4 Å². The summed E-state index contributed by atoms with van der Waals surface area (Å²) in [6.07, 6.45) is -2.72. The number of phosphoric ester groups is 1. The van der Waals surface area contributed by atoms with Crippen LogP contribution in [0.3, 0.4) is 0 Å². The zero-order valence-corrected chi connectivity index (χ0v) is 18.6. The van der Waals surface area contributed by atoms with Crippen molar-refractivity contribution in [3.8, 4) is 0 Å². The topological polar surface area (TPSA) is 156 Å². The molecule has 0 spiro atoms. The number of halogens is 1. The molecule has 0 radical (unpaired) electrons. The minimum Gasteiger partial charge on any atom is -0.756 e. The minimum absolute atomic E-state index is 0.0659. The van der Waals surface area contributed by atoms with Gasteiger partial charge in [-0.15, -0.1) is 0 Å². The molecule has 5 heterocycles. The Morgan fingerprint density at radius 1 is 1.40 bits per heavy atom. The van der Waals surface area contributed by atoms with Crippen molar-refractivity contribution >= 4 is 40.7 Å². The van der Waals surface area contributed by atoms with E-state index in [2.05, 4.69) is 35.4 Å². The van der Waals surface area contributed by atoms with Gasteiger partial charge in [-0.1, -0.05) is 20.8 Å². The SMILES string of the molecule is CC(C)(C)c1cn2c(=O)c3nc(Br)n([C@@H]4OC5COP(=O)([O-])O[C@H]5C4O)c3nc2[nH]1. The number of rotatable bonds is 1. The summed E-state index contributed by atoms with van der Waals surface area (Å²) in [6, 6.07) is 0. The molecule has 2 aliphatic rings. The van der Waals surface area contributed by atoms with E-state index >= 15 is 0 Å². The van der Waals surface area contributed by atoms with Gasteiger partial charge in [0, 0.05) is 17.3 Å². The molecule has 0 amide bonds. The number of hydrogen-bond acceptors (Lipinski definition) is 9. The second-order valence-corrected chi connectivity index (χ2v) is 10.4. The number of nitrogens with one attached hydrogen (secondary N) is 1. The van der Waals surface area contributed by atoms with Gasteiger partial charge in [0.05, 0.1) is 6.61 Å². The summed E-state index contributed by atoms with van der Waals surface area (Å²) < 4.78 is 29.9. The number of phosphoric acid groups is 1. The molecule has 3 aromatic heterocycles. The number of aromatic nitrogens is 5. The molecule has 2 saturated heterocycles. The average Bonchev–Trinajstić information content (AvgIpc) is 3.29. The molecule has 3 unspecified atom stereocenters. The Morgan fingerprint density at radius 3 is 2.83 bits per heavy atom. The molecule has 2 aliphatic heterocycles. The number of imidazole rings is 2. The second kappa shape index (κ2) is 6.45. The lowest BCUT2D eigenvalue weighted by molar-refractivity contribution is -0.245. The van der Waals surface area contributed by atoms with Crippen LogP contribution >= 0.6 is 23.8 Å². The predicted molar refractivity (Wildman–Crippen MR) is 104 cm³/mol. The molecule has 2 fully saturated rings. The van der Waals surface area contributed by atoms with Crippen LogP contribution in [0.1, 0.15) is 32.7 Å². The van der Waals surface area contributed by atoms with Gasteiger partial charge in [-0.05, 0) is 15.9 Å². The zero-order chi connectivity index (χ0) is 21.6. The number of hydrogen-bond donors (Lipinski definition) is 2. The van der Waals surface area contributed by atoms with Crippen molar-refractivity contribution in [3.05, 3.63) is 27.0 Å². The van der Waals surface area contributed by atoms with Crippen molar-refractivity contribution in [2.45, 2.75) is 50.7 Å². The number of fused-ring (bicyclic) bond motifs is 3.